The third-order valence-corrected chi connectivity index (χ3v) is 2.48. The minimum atomic E-state index is -0.376. The van der Waals surface area contributed by atoms with Crippen molar-refractivity contribution in [3.63, 3.8) is 0 Å². The number of phenols is 1. The van der Waals surface area contributed by atoms with Gasteiger partial charge in [0.1, 0.15) is 5.75 Å². The Kier molecular flexibility index (Phi) is 5.36. The van der Waals surface area contributed by atoms with E-state index in [4.69, 9.17) is 0 Å². The predicted octanol–water partition coefficient (Wildman–Crippen LogP) is 1.35. The normalized spacial score (nSPS) is 10.3. The Labute approximate surface area is 113 Å². The molecule has 19 heavy (non-hydrogen) atoms. The van der Waals surface area contributed by atoms with Gasteiger partial charge in [-0.15, -0.1) is 0 Å². The van der Waals surface area contributed by atoms with Gasteiger partial charge in [-0.05, 0) is 32.9 Å². The number of aryl methyl sites for hydroxylation is 1. The van der Waals surface area contributed by atoms with Crippen molar-refractivity contribution in [1.29, 1.82) is 0 Å². The highest BCUT2D eigenvalue weighted by atomic mass is 16.3. The van der Waals surface area contributed by atoms with Gasteiger partial charge in [0.25, 0.3) is 5.91 Å². The van der Waals surface area contributed by atoms with Crippen LogP contribution in [0.25, 0.3) is 0 Å². The predicted molar refractivity (Wildman–Crippen MR) is 73.1 cm³/mol. The third kappa shape index (κ3) is 4.99. The van der Waals surface area contributed by atoms with Gasteiger partial charge in [0.15, 0.2) is 0 Å². The average Bonchev–Trinajstić information content (AvgIpc) is 2.31. The fourth-order valence-electron chi connectivity index (χ4n) is 1.61. The maximum absolute atomic E-state index is 11.8. The Hall–Kier alpha value is -2.04. The second kappa shape index (κ2) is 6.78. The first-order chi connectivity index (χ1) is 8.90. The van der Waals surface area contributed by atoms with Crippen LogP contribution >= 0.6 is 0 Å². The quantitative estimate of drug-likeness (QED) is 0.751. The van der Waals surface area contributed by atoms with Crippen LogP contribution in [0.4, 0.5) is 0 Å². The number of rotatable bonds is 5. The van der Waals surface area contributed by atoms with Gasteiger partial charge in [0, 0.05) is 19.0 Å². The van der Waals surface area contributed by atoms with E-state index in [0.717, 1.165) is 5.56 Å². The van der Waals surface area contributed by atoms with Crippen molar-refractivity contribution >= 4 is 11.8 Å². The van der Waals surface area contributed by atoms with Gasteiger partial charge in [-0.25, -0.2) is 0 Å². The average molecular weight is 264 g/mol. The molecule has 2 amide bonds. The van der Waals surface area contributed by atoms with Crippen molar-refractivity contribution in [2.24, 2.45) is 0 Å². The molecule has 1 rings (SSSR count). The maximum Gasteiger partial charge on any atom is 0.255 e. The van der Waals surface area contributed by atoms with Crippen LogP contribution in [-0.2, 0) is 4.79 Å². The number of nitrogens with one attached hydrogen (secondary N) is 2. The third-order valence-electron chi connectivity index (χ3n) is 2.48. The monoisotopic (exact) mass is 264 g/mol. The van der Waals surface area contributed by atoms with Gasteiger partial charge in [0.05, 0.1) is 5.56 Å². The Morgan fingerprint density at radius 2 is 2.00 bits per heavy atom. The first-order valence-electron chi connectivity index (χ1n) is 6.27. The summed E-state index contributed by atoms with van der Waals surface area (Å²) in [5.74, 6) is -0.544. The van der Waals surface area contributed by atoms with E-state index in [0.29, 0.717) is 0 Å². The molecule has 0 heterocycles. The molecular weight excluding hydrogens is 244 g/mol. The summed E-state index contributed by atoms with van der Waals surface area (Å²) in [5, 5.41) is 14.9. The van der Waals surface area contributed by atoms with Gasteiger partial charge < -0.3 is 15.7 Å². The molecule has 0 radical (unpaired) electrons. The maximum atomic E-state index is 11.8. The van der Waals surface area contributed by atoms with E-state index in [9.17, 15) is 14.7 Å². The molecular formula is C14H20N2O3. The van der Waals surface area contributed by atoms with Crippen molar-refractivity contribution < 1.29 is 14.7 Å². The molecule has 0 atom stereocenters. The van der Waals surface area contributed by atoms with E-state index in [1.54, 1.807) is 12.1 Å². The number of benzene rings is 1. The summed E-state index contributed by atoms with van der Waals surface area (Å²) in [6.45, 7) is 5.83. The van der Waals surface area contributed by atoms with Crippen LogP contribution in [0.3, 0.4) is 0 Å². The standard InChI is InChI=1S/C14H20N2O3/c1-9(2)16-13(18)6-7-15-14(19)11-8-10(3)4-5-12(11)17/h4-5,8-9,17H,6-7H2,1-3H3,(H,15,19)(H,16,18). The van der Waals surface area contributed by atoms with E-state index in [-0.39, 0.29) is 42.1 Å². The van der Waals surface area contributed by atoms with Crippen LogP contribution in [0.15, 0.2) is 18.2 Å². The fourth-order valence-corrected chi connectivity index (χ4v) is 1.61. The molecule has 1 aromatic rings. The van der Waals surface area contributed by atoms with Crippen molar-refractivity contribution in [3.8, 4) is 5.75 Å². The summed E-state index contributed by atoms with van der Waals surface area (Å²) >= 11 is 0. The molecule has 0 saturated heterocycles. The molecule has 0 aromatic heterocycles. The van der Waals surface area contributed by atoms with Crippen molar-refractivity contribution in [2.75, 3.05) is 6.54 Å². The van der Waals surface area contributed by atoms with Gasteiger partial charge >= 0.3 is 0 Å². The summed E-state index contributed by atoms with van der Waals surface area (Å²) in [6.07, 6.45) is 0.219. The summed E-state index contributed by atoms with van der Waals surface area (Å²) in [6, 6.07) is 4.90. The lowest BCUT2D eigenvalue weighted by Gasteiger charge is -2.09. The first-order valence-corrected chi connectivity index (χ1v) is 6.27. The largest absolute Gasteiger partial charge is 0.507 e. The van der Waals surface area contributed by atoms with Crippen LogP contribution in [0.5, 0.6) is 5.75 Å². The Morgan fingerprint density at radius 1 is 1.32 bits per heavy atom. The van der Waals surface area contributed by atoms with Crippen LogP contribution in [0, 0.1) is 6.92 Å². The molecule has 1 aromatic carbocycles. The lowest BCUT2D eigenvalue weighted by Crippen LogP contribution is -2.34. The number of carbonyl (C=O) groups is 2. The first kappa shape index (κ1) is 15.0. The Morgan fingerprint density at radius 3 is 2.63 bits per heavy atom. The summed E-state index contributed by atoms with van der Waals surface area (Å²) < 4.78 is 0. The van der Waals surface area contributed by atoms with Crippen molar-refractivity contribution in [2.45, 2.75) is 33.2 Å². The minimum Gasteiger partial charge on any atom is -0.507 e. The number of phenolic OH excluding ortho intramolecular Hbond substituents is 1. The van der Waals surface area contributed by atoms with Crippen molar-refractivity contribution in [3.05, 3.63) is 29.3 Å². The van der Waals surface area contributed by atoms with E-state index in [1.165, 1.54) is 6.07 Å². The molecule has 0 unspecified atom stereocenters. The topological polar surface area (TPSA) is 78.4 Å². The summed E-state index contributed by atoms with van der Waals surface area (Å²) in [5.41, 5.74) is 1.12. The van der Waals surface area contributed by atoms with Crippen molar-refractivity contribution in [1.82, 2.24) is 10.6 Å². The Bertz CT molecular complexity index is 470. The molecule has 0 fully saturated rings. The van der Waals surface area contributed by atoms with Crippen LogP contribution in [-0.4, -0.2) is 29.5 Å². The molecule has 0 aliphatic rings. The lowest BCUT2D eigenvalue weighted by molar-refractivity contribution is -0.121. The van der Waals surface area contributed by atoms with Gasteiger partial charge in [-0.1, -0.05) is 11.6 Å². The zero-order valence-corrected chi connectivity index (χ0v) is 11.5. The molecule has 5 heteroatoms. The number of carbonyl (C=O) groups excluding carboxylic acids is 2. The second-order valence-corrected chi connectivity index (χ2v) is 4.75. The SMILES string of the molecule is Cc1ccc(O)c(C(=O)NCCC(=O)NC(C)C)c1. The summed E-state index contributed by atoms with van der Waals surface area (Å²) in [7, 11) is 0. The molecule has 0 spiro atoms. The second-order valence-electron chi connectivity index (χ2n) is 4.75. The van der Waals surface area contributed by atoms with E-state index in [1.807, 2.05) is 20.8 Å². The molecule has 0 bridgehead atoms. The molecule has 3 N–H and O–H groups in total. The molecule has 104 valence electrons. The number of aromatic hydroxyl groups is 1. The molecule has 5 nitrogen and oxygen atoms in total. The fraction of sp³-hybridized carbons (Fsp3) is 0.429. The zero-order valence-electron chi connectivity index (χ0n) is 11.5. The van der Waals surface area contributed by atoms with Gasteiger partial charge in [0.2, 0.25) is 5.91 Å². The molecule has 0 aliphatic carbocycles. The number of amides is 2. The molecule has 0 saturated carbocycles. The van der Waals surface area contributed by atoms with E-state index in [2.05, 4.69) is 10.6 Å². The van der Waals surface area contributed by atoms with Crippen LogP contribution in [0.1, 0.15) is 36.2 Å². The van der Waals surface area contributed by atoms with Crippen LogP contribution < -0.4 is 10.6 Å². The van der Waals surface area contributed by atoms with E-state index < -0.39 is 0 Å². The van der Waals surface area contributed by atoms with Gasteiger partial charge in [-0.2, -0.15) is 0 Å². The smallest absolute Gasteiger partial charge is 0.255 e. The molecule has 0 aliphatic heterocycles. The minimum absolute atomic E-state index is 0.0604. The lowest BCUT2D eigenvalue weighted by atomic mass is 10.1. The number of hydrogen-bond acceptors (Lipinski definition) is 3. The van der Waals surface area contributed by atoms with E-state index >= 15 is 0 Å². The zero-order chi connectivity index (χ0) is 14.4. The Balaban J connectivity index is 2.48. The van der Waals surface area contributed by atoms with Gasteiger partial charge in [-0.3, -0.25) is 9.59 Å². The highest BCUT2D eigenvalue weighted by Crippen LogP contribution is 2.17. The number of hydrogen-bond donors (Lipinski definition) is 3. The summed E-state index contributed by atoms with van der Waals surface area (Å²) in [4.78, 5) is 23.2. The highest BCUT2D eigenvalue weighted by molar-refractivity contribution is 5.97. The highest BCUT2D eigenvalue weighted by Gasteiger charge is 2.11. The van der Waals surface area contributed by atoms with Crippen LogP contribution in [0.2, 0.25) is 0 Å².